The maximum atomic E-state index is 3.81. The van der Waals surface area contributed by atoms with Gasteiger partial charge in [0.1, 0.15) is 0 Å². The van der Waals surface area contributed by atoms with E-state index in [1.165, 1.54) is 64.5 Å². The van der Waals surface area contributed by atoms with Crippen LogP contribution in [0.2, 0.25) is 0 Å². The van der Waals surface area contributed by atoms with Gasteiger partial charge in [-0.05, 0) is 56.4 Å². The maximum absolute atomic E-state index is 3.81. The summed E-state index contributed by atoms with van der Waals surface area (Å²) in [5.41, 5.74) is 0.658. The molecule has 0 aromatic rings. The van der Waals surface area contributed by atoms with Crippen LogP contribution in [0.4, 0.5) is 0 Å². The average molecular weight is 236 g/mol. The lowest BCUT2D eigenvalue weighted by atomic mass is 9.83. The zero-order valence-corrected chi connectivity index (χ0v) is 11.3. The van der Waals surface area contributed by atoms with E-state index in [1.807, 2.05) is 0 Å². The van der Waals surface area contributed by atoms with E-state index in [4.69, 9.17) is 0 Å². The molecule has 2 aliphatic heterocycles. The molecule has 0 aromatic carbocycles. The highest BCUT2D eigenvalue weighted by Crippen LogP contribution is 2.40. The second-order valence-corrected chi connectivity index (χ2v) is 6.73. The molecule has 1 saturated carbocycles. The molecule has 0 amide bonds. The van der Waals surface area contributed by atoms with Crippen LogP contribution in [-0.4, -0.2) is 25.2 Å². The highest BCUT2D eigenvalue weighted by Gasteiger charge is 2.39. The molecule has 17 heavy (non-hydrogen) atoms. The van der Waals surface area contributed by atoms with Gasteiger partial charge in [0.05, 0.1) is 0 Å². The summed E-state index contributed by atoms with van der Waals surface area (Å²) >= 11 is 0. The smallest absolute Gasteiger partial charge is 0.0111 e. The predicted molar refractivity (Wildman–Crippen MR) is 72.1 cm³/mol. The molecular formula is C15H28N2. The third-order valence-electron chi connectivity index (χ3n) is 5.75. The van der Waals surface area contributed by atoms with E-state index >= 15 is 0 Å². The molecule has 3 aliphatic rings. The Labute approximate surface area is 106 Å². The first kappa shape index (κ1) is 12.0. The van der Waals surface area contributed by atoms with Crippen molar-refractivity contribution < 1.29 is 0 Å². The van der Waals surface area contributed by atoms with Crippen molar-refractivity contribution in [3.05, 3.63) is 0 Å². The lowest BCUT2D eigenvalue weighted by Crippen LogP contribution is -2.37. The zero-order chi connectivity index (χ0) is 11.7. The van der Waals surface area contributed by atoms with Gasteiger partial charge in [-0.3, -0.25) is 0 Å². The van der Waals surface area contributed by atoms with Crippen molar-refractivity contribution >= 4 is 0 Å². The SMILES string of the molecule is CCC1(CNCC2CC3CCC2N3)CCCC1. The van der Waals surface area contributed by atoms with Crippen LogP contribution in [-0.2, 0) is 0 Å². The highest BCUT2D eigenvalue weighted by atomic mass is 15.0. The lowest BCUT2D eigenvalue weighted by molar-refractivity contribution is 0.256. The minimum Gasteiger partial charge on any atom is -0.316 e. The molecule has 0 radical (unpaired) electrons. The zero-order valence-electron chi connectivity index (χ0n) is 11.3. The van der Waals surface area contributed by atoms with E-state index < -0.39 is 0 Å². The van der Waals surface area contributed by atoms with Crippen LogP contribution in [0, 0.1) is 11.3 Å². The maximum Gasteiger partial charge on any atom is 0.0111 e. The largest absolute Gasteiger partial charge is 0.316 e. The topological polar surface area (TPSA) is 24.1 Å². The fourth-order valence-electron chi connectivity index (χ4n) is 4.47. The summed E-state index contributed by atoms with van der Waals surface area (Å²) in [5.74, 6) is 0.920. The van der Waals surface area contributed by atoms with Gasteiger partial charge in [-0.25, -0.2) is 0 Å². The average Bonchev–Trinajstić information content (AvgIpc) is 3.05. The molecule has 3 fully saturated rings. The molecule has 1 aliphatic carbocycles. The summed E-state index contributed by atoms with van der Waals surface area (Å²) in [7, 11) is 0. The molecule has 3 rings (SSSR count). The summed E-state index contributed by atoms with van der Waals surface area (Å²) in [6, 6.07) is 1.70. The van der Waals surface area contributed by atoms with Crippen LogP contribution >= 0.6 is 0 Å². The third kappa shape index (κ3) is 2.39. The fourth-order valence-corrected chi connectivity index (χ4v) is 4.47. The van der Waals surface area contributed by atoms with Crippen molar-refractivity contribution in [3.8, 4) is 0 Å². The van der Waals surface area contributed by atoms with E-state index in [2.05, 4.69) is 17.6 Å². The van der Waals surface area contributed by atoms with Crippen molar-refractivity contribution in [2.75, 3.05) is 13.1 Å². The van der Waals surface area contributed by atoms with Crippen LogP contribution in [0.1, 0.15) is 58.3 Å². The van der Waals surface area contributed by atoms with Crippen LogP contribution in [0.15, 0.2) is 0 Å². The van der Waals surface area contributed by atoms with E-state index in [9.17, 15) is 0 Å². The predicted octanol–water partition coefficient (Wildman–Crippen LogP) is 2.69. The second-order valence-electron chi connectivity index (χ2n) is 6.73. The summed E-state index contributed by atoms with van der Waals surface area (Å²) < 4.78 is 0. The Bertz CT molecular complexity index is 258. The van der Waals surface area contributed by atoms with Gasteiger partial charge in [-0.2, -0.15) is 0 Å². The van der Waals surface area contributed by atoms with E-state index in [0.29, 0.717) is 5.41 Å². The van der Waals surface area contributed by atoms with Gasteiger partial charge in [0.2, 0.25) is 0 Å². The van der Waals surface area contributed by atoms with Gasteiger partial charge in [0, 0.05) is 18.6 Å². The lowest BCUT2D eigenvalue weighted by Gasteiger charge is -2.29. The first-order chi connectivity index (χ1) is 8.31. The van der Waals surface area contributed by atoms with Gasteiger partial charge >= 0.3 is 0 Å². The summed E-state index contributed by atoms with van der Waals surface area (Å²) in [4.78, 5) is 0. The Kier molecular flexibility index (Phi) is 3.45. The van der Waals surface area contributed by atoms with Gasteiger partial charge in [-0.15, -0.1) is 0 Å². The molecule has 98 valence electrons. The van der Waals surface area contributed by atoms with Crippen LogP contribution in [0.5, 0.6) is 0 Å². The molecule has 2 heterocycles. The number of fused-ring (bicyclic) bond motifs is 2. The molecule has 0 spiro atoms. The minimum absolute atomic E-state index is 0.658. The Balaban J connectivity index is 1.43. The van der Waals surface area contributed by atoms with Crippen molar-refractivity contribution in [2.45, 2.75) is 70.4 Å². The number of hydrogen-bond acceptors (Lipinski definition) is 2. The summed E-state index contributed by atoms with van der Waals surface area (Å²) in [6.45, 7) is 4.92. The first-order valence-corrected chi connectivity index (χ1v) is 7.78. The van der Waals surface area contributed by atoms with E-state index in [-0.39, 0.29) is 0 Å². The standard InChI is InChI=1S/C15H28N2/c1-2-15(7-3-4-8-15)11-16-10-12-9-13-5-6-14(12)17-13/h12-14,16-17H,2-11H2,1H3. The van der Waals surface area contributed by atoms with E-state index in [1.54, 1.807) is 0 Å². The Morgan fingerprint density at radius 3 is 2.65 bits per heavy atom. The Morgan fingerprint density at radius 2 is 2.06 bits per heavy atom. The van der Waals surface area contributed by atoms with Crippen molar-refractivity contribution in [1.82, 2.24) is 10.6 Å². The first-order valence-electron chi connectivity index (χ1n) is 7.78. The van der Waals surface area contributed by atoms with Gasteiger partial charge in [0.25, 0.3) is 0 Å². The number of rotatable bonds is 5. The van der Waals surface area contributed by atoms with Gasteiger partial charge in [0.15, 0.2) is 0 Å². The summed E-state index contributed by atoms with van der Waals surface area (Å²) in [5, 5.41) is 7.55. The Hall–Kier alpha value is -0.0800. The highest BCUT2D eigenvalue weighted by molar-refractivity contribution is 4.98. The molecule has 3 unspecified atom stereocenters. The van der Waals surface area contributed by atoms with Gasteiger partial charge in [-0.1, -0.05) is 19.8 Å². The van der Waals surface area contributed by atoms with Crippen molar-refractivity contribution in [2.24, 2.45) is 11.3 Å². The molecule has 2 nitrogen and oxygen atoms in total. The second kappa shape index (κ2) is 4.89. The van der Waals surface area contributed by atoms with Crippen LogP contribution in [0.25, 0.3) is 0 Å². The van der Waals surface area contributed by atoms with E-state index in [0.717, 1.165) is 18.0 Å². The molecule has 3 atom stereocenters. The quantitative estimate of drug-likeness (QED) is 0.767. The van der Waals surface area contributed by atoms with Crippen molar-refractivity contribution in [3.63, 3.8) is 0 Å². The molecule has 2 bridgehead atoms. The molecule has 2 saturated heterocycles. The van der Waals surface area contributed by atoms with Crippen LogP contribution < -0.4 is 10.6 Å². The third-order valence-corrected chi connectivity index (χ3v) is 5.75. The normalized spacial score (nSPS) is 39.0. The number of nitrogens with one attached hydrogen (secondary N) is 2. The van der Waals surface area contributed by atoms with Gasteiger partial charge < -0.3 is 10.6 Å². The molecule has 0 aromatic heterocycles. The molecular weight excluding hydrogens is 208 g/mol. The summed E-state index contributed by atoms with van der Waals surface area (Å²) in [6.07, 6.45) is 11.5. The van der Waals surface area contributed by atoms with Crippen LogP contribution in [0.3, 0.4) is 0 Å². The molecule has 2 N–H and O–H groups in total. The number of hydrogen-bond donors (Lipinski definition) is 2. The fraction of sp³-hybridized carbons (Fsp3) is 1.00. The molecule has 2 heteroatoms. The monoisotopic (exact) mass is 236 g/mol. The minimum atomic E-state index is 0.658. The van der Waals surface area contributed by atoms with Crippen molar-refractivity contribution in [1.29, 1.82) is 0 Å². The Morgan fingerprint density at radius 1 is 1.24 bits per heavy atom.